The third-order valence-electron chi connectivity index (χ3n) is 4.61. The van der Waals surface area contributed by atoms with Crippen molar-refractivity contribution >= 4 is 29.1 Å². The molecule has 3 rings (SSSR count). The van der Waals surface area contributed by atoms with Gasteiger partial charge in [-0.15, -0.1) is 0 Å². The molecule has 0 saturated carbocycles. The molecule has 2 aromatic carbocycles. The van der Waals surface area contributed by atoms with Gasteiger partial charge in [0, 0.05) is 37.1 Å². The van der Waals surface area contributed by atoms with Gasteiger partial charge in [-0.25, -0.2) is 0 Å². The van der Waals surface area contributed by atoms with Gasteiger partial charge in [0.1, 0.15) is 0 Å². The number of imide groups is 1. The molecule has 0 saturated heterocycles. The van der Waals surface area contributed by atoms with Gasteiger partial charge in [-0.05, 0) is 56.3 Å². The van der Waals surface area contributed by atoms with E-state index in [-0.39, 0.29) is 23.3 Å². The topological polar surface area (TPSA) is 69.7 Å². The summed E-state index contributed by atoms with van der Waals surface area (Å²) in [7, 11) is 1.43. The second-order valence-electron chi connectivity index (χ2n) is 6.10. The van der Waals surface area contributed by atoms with Gasteiger partial charge in [0.05, 0.1) is 11.1 Å². The number of nitrogens with one attached hydrogen (secondary N) is 1. The van der Waals surface area contributed by atoms with Gasteiger partial charge in [-0.1, -0.05) is 0 Å². The number of anilines is 2. The van der Waals surface area contributed by atoms with E-state index in [0.717, 1.165) is 23.7 Å². The summed E-state index contributed by atoms with van der Waals surface area (Å²) in [5.74, 6) is -1.05. The molecule has 6 nitrogen and oxygen atoms in total. The van der Waals surface area contributed by atoms with E-state index in [4.69, 9.17) is 0 Å². The summed E-state index contributed by atoms with van der Waals surface area (Å²) in [5, 5.41) is 2.82. The van der Waals surface area contributed by atoms with Gasteiger partial charge in [0.15, 0.2) is 0 Å². The highest BCUT2D eigenvalue weighted by Crippen LogP contribution is 2.23. The van der Waals surface area contributed by atoms with Gasteiger partial charge in [0.25, 0.3) is 17.7 Å². The van der Waals surface area contributed by atoms with E-state index in [9.17, 15) is 14.4 Å². The number of fused-ring (bicyclic) bond motifs is 1. The van der Waals surface area contributed by atoms with Crippen molar-refractivity contribution in [2.45, 2.75) is 13.8 Å². The van der Waals surface area contributed by atoms with E-state index < -0.39 is 0 Å². The molecule has 2 aromatic rings. The van der Waals surface area contributed by atoms with Crippen molar-refractivity contribution < 1.29 is 14.4 Å². The summed E-state index contributed by atoms with van der Waals surface area (Å²) < 4.78 is 0. The largest absolute Gasteiger partial charge is 0.372 e. The summed E-state index contributed by atoms with van der Waals surface area (Å²) in [5.41, 5.74) is 2.70. The quantitative estimate of drug-likeness (QED) is 0.841. The van der Waals surface area contributed by atoms with Gasteiger partial charge in [0.2, 0.25) is 0 Å². The van der Waals surface area contributed by atoms with Crippen molar-refractivity contribution in [3.8, 4) is 0 Å². The monoisotopic (exact) mass is 351 g/mol. The smallest absolute Gasteiger partial charge is 0.261 e. The predicted octanol–water partition coefficient (Wildman–Crippen LogP) is 3.01. The van der Waals surface area contributed by atoms with E-state index >= 15 is 0 Å². The number of carbonyl (C=O) groups excluding carboxylic acids is 3. The molecule has 1 heterocycles. The van der Waals surface area contributed by atoms with Crippen LogP contribution in [0.2, 0.25) is 0 Å². The molecule has 134 valence electrons. The van der Waals surface area contributed by atoms with Crippen molar-refractivity contribution in [2.75, 3.05) is 30.4 Å². The number of nitrogens with zero attached hydrogens (tertiary/aromatic N) is 2. The maximum atomic E-state index is 12.5. The first-order valence-electron chi connectivity index (χ1n) is 8.59. The van der Waals surface area contributed by atoms with Crippen LogP contribution in [0.1, 0.15) is 44.9 Å². The van der Waals surface area contributed by atoms with Crippen molar-refractivity contribution in [2.24, 2.45) is 0 Å². The normalized spacial score (nSPS) is 13.0. The highest BCUT2D eigenvalue weighted by atomic mass is 16.2. The summed E-state index contributed by atoms with van der Waals surface area (Å²) in [6.07, 6.45) is 0. The number of amides is 3. The van der Waals surface area contributed by atoms with Crippen LogP contribution in [0.15, 0.2) is 42.5 Å². The van der Waals surface area contributed by atoms with E-state index in [1.54, 1.807) is 6.07 Å². The zero-order valence-corrected chi connectivity index (χ0v) is 15.1. The van der Waals surface area contributed by atoms with Crippen molar-refractivity contribution in [1.82, 2.24) is 4.90 Å². The van der Waals surface area contributed by atoms with Crippen LogP contribution in [-0.2, 0) is 0 Å². The Kier molecular flexibility index (Phi) is 4.75. The van der Waals surface area contributed by atoms with Crippen molar-refractivity contribution in [1.29, 1.82) is 0 Å². The van der Waals surface area contributed by atoms with Crippen LogP contribution in [0, 0.1) is 0 Å². The summed E-state index contributed by atoms with van der Waals surface area (Å²) >= 11 is 0. The Bertz CT molecular complexity index is 870. The Hall–Kier alpha value is -3.15. The average molecular weight is 351 g/mol. The lowest BCUT2D eigenvalue weighted by Gasteiger charge is -2.21. The van der Waals surface area contributed by atoms with E-state index in [1.165, 1.54) is 19.2 Å². The van der Waals surface area contributed by atoms with Crippen LogP contribution in [0.5, 0.6) is 0 Å². The van der Waals surface area contributed by atoms with Crippen LogP contribution in [-0.4, -0.2) is 42.8 Å². The number of hydrogen-bond donors (Lipinski definition) is 1. The number of benzene rings is 2. The molecule has 0 aromatic heterocycles. The second-order valence-corrected chi connectivity index (χ2v) is 6.10. The Morgan fingerprint density at radius 2 is 1.58 bits per heavy atom. The summed E-state index contributed by atoms with van der Waals surface area (Å²) in [6, 6.07) is 12.2. The predicted molar refractivity (Wildman–Crippen MR) is 101 cm³/mol. The van der Waals surface area contributed by atoms with E-state index in [0.29, 0.717) is 16.8 Å². The van der Waals surface area contributed by atoms with Gasteiger partial charge >= 0.3 is 0 Å². The number of rotatable bonds is 5. The Morgan fingerprint density at radius 3 is 2.19 bits per heavy atom. The van der Waals surface area contributed by atoms with Crippen LogP contribution in [0.4, 0.5) is 11.4 Å². The molecule has 0 aliphatic carbocycles. The van der Waals surface area contributed by atoms with Crippen LogP contribution < -0.4 is 10.2 Å². The van der Waals surface area contributed by atoms with Crippen molar-refractivity contribution in [3.05, 3.63) is 59.2 Å². The molecule has 0 bridgehead atoms. The van der Waals surface area contributed by atoms with E-state index in [1.807, 2.05) is 24.3 Å². The first kappa shape index (κ1) is 17.7. The molecule has 3 amide bonds. The number of carbonyl (C=O) groups is 3. The Morgan fingerprint density at radius 1 is 0.962 bits per heavy atom. The molecule has 0 unspecified atom stereocenters. The zero-order valence-electron chi connectivity index (χ0n) is 15.1. The summed E-state index contributed by atoms with van der Waals surface area (Å²) in [6.45, 7) is 6.02. The lowest BCUT2D eigenvalue weighted by atomic mass is 10.1. The van der Waals surface area contributed by atoms with Gasteiger partial charge < -0.3 is 10.2 Å². The first-order valence-corrected chi connectivity index (χ1v) is 8.59. The fourth-order valence-corrected chi connectivity index (χ4v) is 3.05. The highest BCUT2D eigenvalue weighted by Gasteiger charge is 2.33. The lowest BCUT2D eigenvalue weighted by molar-refractivity contribution is 0.0693. The minimum Gasteiger partial charge on any atom is -0.372 e. The third kappa shape index (κ3) is 3.06. The highest BCUT2D eigenvalue weighted by molar-refractivity contribution is 6.22. The SMILES string of the molecule is CCN(CC)c1ccc(NC(=O)c2ccc3c(c2)C(=O)N(C)C3=O)cc1. The molecule has 1 N–H and O–H groups in total. The van der Waals surface area contributed by atoms with Crippen LogP contribution >= 0.6 is 0 Å². The number of hydrogen-bond acceptors (Lipinski definition) is 4. The molecular formula is C20H21N3O3. The Labute approximate surface area is 152 Å². The fourth-order valence-electron chi connectivity index (χ4n) is 3.05. The summed E-state index contributed by atoms with van der Waals surface area (Å²) in [4.78, 5) is 39.7. The molecule has 0 radical (unpaired) electrons. The zero-order chi connectivity index (χ0) is 18.8. The Balaban J connectivity index is 1.77. The van der Waals surface area contributed by atoms with Gasteiger partial charge in [-0.3, -0.25) is 19.3 Å². The molecule has 26 heavy (non-hydrogen) atoms. The fraction of sp³-hybridized carbons (Fsp3) is 0.250. The maximum Gasteiger partial charge on any atom is 0.261 e. The van der Waals surface area contributed by atoms with Crippen LogP contribution in [0.25, 0.3) is 0 Å². The molecule has 1 aliphatic rings. The minimum atomic E-state index is -0.386. The third-order valence-corrected chi connectivity index (χ3v) is 4.61. The molecular weight excluding hydrogens is 330 g/mol. The molecule has 0 fully saturated rings. The average Bonchev–Trinajstić information content (AvgIpc) is 2.88. The minimum absolute atomic E-state index is 0.266. The van der Waals surface area contributed by atoms with Gasteiger partial charge in [-0.2, -0.15) is 0 Å². The second kappa shape index (κ2) is 7.00. The van der Waals surface area contributed by atoms with Crippen LogP contribution in [0.3, 0.4) is 0 Å². The standard InChI is InChI=1S/C20H21N3O3/c1-4-23(5-2)15-9-7-14(8-10-15)21-18(24)13-6-11-16-17(12-13)20(26)22(3)19(16)25/h6-12H,4-5H2,1-3H3,(H,21,24). The lowest BCUT2D eigenvalue weighted by Crippen LogP contribution is -2.24. The molecule has 0 spiro atoms. The molecule has 6 heteroatoms. The first-order chi connectivity index (χ1) is 12.5. The molecule has 1 aliphatic heterocycles. The van der Waals surface area contributed by atoms with Crippen molar-refractivity contribution in [3.63, 3.8) is 0 Å². The maximum absolute atomic E-state index is 12.5. The van der Waals surface area contributed by atoms with E-state index in [2.05, 4.69) is 24.1 Å². The molecule has 0 atom stereocenters.